The van der Waals surface area contributed by atoms with E-state index in [9.17, 15) is 23.9 Å². The largest absolute Gasteiger partial charge is 0.505 e. The molecule has 198 valence electrons. The first-order chi connectivity index (χ1) is 18.1. The number of hydrogen-bond acceptors (Lipinski definition) is 6. The standard InChI is InChI=1S/C29H30FN3O5/c1-18(7-3-6-10-27(36)33-25-9-5-4-8-24(25)31)28(21-13-16-26(35)23(30)17-21)38-29(37)32-22-14-11-20(12-15-22)19(2)34/h4-6,8-18,28,35H,3,7,31H2,1-2H3,(H,32,37)(H,33,36)/b10-6+/t18-,28-/m1/s1. The summed E-state index contributed by atoms with van der Waals surface area (Å²) in [6.45, 7) is 3.28. The highest BCUT2D eigenvalue weighted by molar-refractivity contribution is 6.01. The van der Waals surface area contributed by atoms with Crippen molar-refractivity contribution in [2.45, 2.75) is 32.8 Å². The fourth-order valence-electron chi connectivity index (χ4n) is 3.75. The maximum Gasteiger partial charge on any atom is 0.412 e. The number of para-hydroxylation sites is 2. The van der Waals surface area contributed by atoms with E-state index in [-0.39, 0.29) is 17.6 Å². The van der Waals surface area contributed by atoms with Crippen molar-refractivity contribution in [2.24, 2.45) is 5.92 Å². The van der Waals surface area contributed by atoms with Crippen molar-refractivity contribution in [1.29, 1.82) is 0 Å². The van der Waals surface area contributed by atoms with Gasteiger partial charge in [0, 0.05) is 11.3 Å². The average Bonchev–Trinajstić information content (AvgIpc) is 2.88. The van der Waals surface area contributed by atoms with Crippen molar-refractivity contribution in [1.82, 2.24) is 0 Å². The molecule has 38 heavy (non-hydrogen) atoms. The van der Waals surface area contributed by atoms with Gasteiger partial charge in [-0.2, -0.15) is 0 Å². The Hall–Kier alpha value is -4.66. The van der Waals surface area contributed by atoms with Gasteiger partial charge in [-0.3, -0.25) is 14.9 Å². The number of rotatable bonds is 10. The summed E-state index contributed by atoms with van der Waals surface area (Å²) in [5.41, 5.74) is 8.11. The number of carbonyl (C=O) groups is 3. The molecule has 0 saturated carbocycles. The number of aromatic hydroxyl groups is 1. The van der Waals surface area contributed by atoms with Crippen LogP contribution in [-0.2, 0) is 9.53 Å². The number of hydrogen-bond donors (Lipinski definition) is 4. The van der Waals surface area contributed by atoms with Crippen LogP contribution in [0.4, 0.5) is 26.2 Å². The lowest BCUT2D eigenvalue weighted by Gasteiger charge is -2.25. The van der Waals surface area contributed by atoms with Crippen LogP contribution in [-0.4, -0.2) is 22.9 Å². The van der Waals surface area contributed by atoms with E-state index in [1.54, 1.807) is 54.6 Å². The third kappa shape index (κ3) is 7.92. The van der Waals surface area contributed by atoms with E-state index < -0.39 is 23.8 Å². The Labute approximate surface area is 220 Å². The van der Waals surface area contributed by atoms with E-state index in [2.05, 4.69) is 10.6 Å². The quantitative estimate of drug-likeness (QED) is 0.143. The zero-order chi connectivity index (χ0) is 27.7. The maximum atomic E-state index is 14.1. The van der Waals surface area contributed by atoms with Crippen LogP contribution >= 0.6 is 0 Å². The average molecular weight is 520 g/mol. The normalized spacial score (nSPS) is 12.5. The minimum absolute atomic E-state index is 0.0990. The third-order valence-electron chi connectivity index (χ3n) is 5.87. The topological polar surface area (TPSA) is 131 Å². The van der Waals surface area contributed by atoms with Crippen molar-refractivity contribution in [3.05, 3.63) is 95.8 Å². The molecule has 0 aromatic heterocycles. The van der Waals surface area contributed by atoms with Gasteiger partial charge >= 0.3 is 6.09 Å². The molecule has 0 heterocycles. The van der Waals surface area contributed by atoms with Crippen molar-refractivity contribution < 1.29 is 28.6 Å². The van der Waals surface area contributed by atoms with Crippen molar-refractivity contribution in [2.75, 3.05) is 16.4 Å². The van der Waals surface area contributed by atoms with E-state index in [0.29, 0.717) is 41.0 Å². The molecule has 2 atom stereocenters. The second-order valence-corrected chi connectivity index (χ2v) is 8.83. The van der Waals surface area contributed by atoms with Gasteiger partial charge in [-0.05, 0) is 85.9 Å². The predicted octanol–water partition coefficient (Wildman–Crippen LogP) is 6.22. The van der Waals surface area contributed by atoms with Crippen LogP contribution in [0.1, 0.15) is 48.7 Å². The molecule has 3 aromatic carbocycles. The van der Waals surface area contributed by atoms with Crippen molar-refractivity contribution in [3.63, 3.8) is 0 Å². The first kappa shape index (κ1) is 27.9. The number of carbonyl (C=O) groups excluding carboxylic acids is 3. The summed E-state index contributed by atoms with van der Waals surface area (Å²) in [7, 11) is 0. The highest BCUT2D eigenvalue weighted by Gasteiger charge is 2.24. The molecule has 0 aliphatic rings. The monoisotopic (exact) mass is 519 g/mol. The van der Waals surface area contributed by atoms with Crippen molar-refractivity contribution in [3.8, 4) is 5.75 Å². The van der Waals surface area contributed by atoms with E-state index >= 15 is 0 Å². The molecule has 3 aromatic rings. The van der Waals surface area contributed by atoms with Gasteiger partial charge in [-0.25, -0.2) is 9.18 Å². The van der Waals surface area contributed by atoms with Crippen LogP contribution < -0.4 is 16.4 Å². The van der Waals surface area contributed by atoms with Crippen LogP contribution in [0.2, 0.25) is 0 Å². The smallest absolute Gasteiger partial charge is 0.412 e. The third-order valence-corrected chi connectivity index (χ3v) is 5.87. The molecule has 8 nitrogen and oxygen atoms in total. The molecule has 0 saturated heterocycles. The van der Waals surface area contributed by atoms with Crippen LogP contribution in [0.15, 0.2) is 78.9 Å². The van der Waals surface area contributed by atoms with Gasteiger partial charge < -0.3 is 20.9 Å². The summed E-state index contributed by atoms with van der Waals surface area (Å²) in [5, 5.41) is 14.9. The molecule has 9 heteroatoms. The summed E-state index contributed by atoms with van der Waals surface area (Å²) in [4.78, 5) is 36.3. The molecule has 0 fully saturated rings. The molecule has 0 spiro atoms. The van der Waals surface area contributed by atoms with E-state index in [0.717, 1.165) is 6.07 Å². The molecule has 0 radical (unpaired) electrons. The van der Waals surface area contributed by atoms with Crippen LogP contribution in [0.5, 0.6) is 5.75 Å². The molecule has 3 rings (SSSR count). The Balaban J connectivity index is 1.64. The minimum Gasteiger partial charge on any atom is -0.505 e. The fourth-order valence-corrected chi connectivity index (χ4v) is 3.75. The number of anilines is 3. The Bertz CT molecular complexity index is 1320. The number of ether oxygens (including phenoxy) is 1. The van der Waals surface area contributed by atoms with Gasteiger partial charge in [0.15, 0.2) is 17.3 Å². The first-order valence-corrected chi connectivity index (χ1v) is 12.0. The highest BCUT2D eigenvalue weighted by atomic mass is 19.1. The summed E-state index contributed by atoms with van der Waals surface area (Å²) in [6, 6.07) is 17.1. The van der Waals surface area contributed by atoms with Gasteiger partial charge in [0.2, 0.25) is 5.91 Å². The number of nitrogens with two attached hydrogens (primary N) is 1. The number of phenols is 1. The number of ketones is 1. The number of Topliss-reactive ketones (excluding diaryl/α,β-unsaturated/α-hetero) is 1. The number of benzene rings is 3. The highest BCUT2D eigenvalue weighted by Crippen LogP contribution is 2.32. The number of allylic oxidation sites excluding steroid dienone is 1. The summed E-state index contributed by atoms with van der Waals surface area (Å²) < 4.78 is 19.8. The van der Waals surface area contributed by atoms with Gasteiger partial charge in [0.05, 0.1) is 11.4 Å². The lowest BCUT2D eigenvalue weighted by molar-refractivity contribution is -0.111. The zero-order valence-electron chi connectivity index (χ0n) is 21.1. The van der Waals surface area contributed by atoms with E-state index in [4.69, 9.17) is 10.5 Å². The van der Waals surface area contributed by atoms with Crippen molar-refractivity contribution >= 4 is 34.8 Å². The second-order valence-electron chi connectivity index (χ2n) is 8.83. The van der Waals surface area contributed by atoms with Crippen LogP contribution in [0.3, 0.4) is 0 Å². The van der Waals surface area contributed by atoms with Gasteiger partial charge in [-0.1, -0.05) is 31.2 Å². The zero-order valence-corrected chi connectivity index (χ0v) is 21.1. The molecule has 5 N–H and O–H groups in total. The Morgan fingerprint density at radius 2 is 1.76 bits per heavy atom. The SMILES string of the molecule is CC(=O)c1ccc(NC(=O)O[C@@H](c2ccc(O)c(F)c2)[C@H](C)CC/C=C/C(=O)Nc2ccccc2N)cc1. The second kappa shape index (κ2) is 13.0. The number of halogens is 1. The first-order valence-electron chi connectivity index (χ1n) is 12.0. The summed E-state index contributed by atoms with van der Waals surface area (Å²) in [6.07, 6.45) is 2.47. The maximum absolute atomic E-state index is 14.1. The van der Waals surface area contributed by atoms with Gasteiger partial charge in [0.25, 0.3) is 0 Å². The molecule has 0 unspecified atom stereocenters. The summed E-state index contributed by atoms with van der Waals surface area (Å²) >= 11 is 0. The minimum atomic E-state index is -0.840. The molecule has 0 bridgehead atoms. The fraction of sp³-hybridized carbons (Fsp3) is 0.207. The predicted molar refractivity (Wildman–Crippen MR) is 144 cm³/mol. The number of nitrogens with one attached hydrogen (secondary N) is 2. The molecule has 0 aliphatic carbocycles. The Morgan fingerprint density at radius 1 is 1.05 bits per heavy atom. The lowest BCUT2D eigenvalue weighted by Crippen LogP contribution is -2.22. The number of nitrogen functional groups attached to an aromatic ring is 1. The molecule has 0 aliphatic heterocycles. The number of amides is 2. The van der Waals surface area contributed by atoms with Crippen LogP contribution in [0, 0.1) is 11.7 Å². The Morgan fingerprint density at radius 3 is 2.42 bits per heavy atom. The summed E-state index contributed by atoms with van der Waals surface area (Å²) in [5.74, 6) is -2.05. The van der Waals surface area contributed by atoms with Crippen LogP contribution in [0.25, 0.3) is 0 Å². The lowest BCUT2D eigenvalue weighted by atomic mass is 9.93. The van der Waals surface area contributed by atoms with E-state index in [1.165, 1.54) is 25.1 Å². The molecular formula is C29H30FN3O5. The number of phenolic OH excluding ortho intramolecular Hbond substituents is 1. The Kier molecular flexibility index (Phi) is 9.59. The molecule has 2 amide bonds. The molecular weight excluding hydrogens is 489 g/mol. The van der Waals surface area contributed by atoms with Gasteiger partial charge in [0.1, 0.15) is 6.10 Å². The van der Waals surface area contributed by atoms with Gasteiger partial charge in [-0.15, -0.1) is 0 Å². The van der Waals surface area contributed by atoms with E-state index in [1.807, 2.05) is 6.92 Å².